The minimum atomic E-state index is -1.28. The van der Waals surface area contributed by atoms with Gasteiger partial charge in [0.05, 0.1) is 12.7 Å². The first-order chi connectivity index (χ1) is 7.56. The zero-order valence-corrected chi connectivity index (χ0v) is 8.93. The van der Waals surface area contributed by atoms with Crippen molar-refractivity contribution in [2.75, 3.05) is 13.2 Å². The Labute approximate surface area is 92.5 Å². The molecule has 1 rings (SSSR count). The van der Waals surface area contributed by atoms with Gasteiger partial charge in [-0.1, -0.05) is 0 Å². The Morgan fingerprint density at radius 2 is 2.25 bits per heavy atom. The molecule has 1 N–H and O–H groups in total. The second-order valence-corrected chi connectivity index (χ2v) is 3.24. The average molecular weight is 227 g/mol. The highest BCUT2D eigenvalue weighted by molar-refractivity contribution is 5.99. The van der Waals surface area contributed by atoms with Gasteiger partial charge in [0.25, 0.3) is 0 Å². The van der Waals surface area contributed by atoms with E-state index in [1.54, 1.807) is 6.92 Å². The van der Waals surface area contributed by atoms with Gasteiger partial charge in [0.1, 0.15) is 5.70 Å². The van der Waals surface area contributed by atoms with Gasteiger partial charge in [0, 0.05) is 13.0 Å². The predicted octanol–water partition coefficient (Wildman–Crippen LogP) is 0.140. The van der Waals surface area contributed by atoms with Crippen molar-refractivity contribution in [3.63, 3.8) is 0 Å². The molecule has 0 bridgehead atoms. The van der Waals surface area contributed by atoms with Crippen molar-refractivity contribution in [2.24, 2.45) is 0 Å². The fourth-order valence-electron chi connectivity index (χ4n) is 1.47. The molecule has 0 aromatic rings. The van der Waals surface area contributed by atoms with Crippen molar-refractivity contribution in [3.05, 3.63) is 11.8 Å². The number of carboxylic acids is 1. The van der Waals surface area contributed by atoms with Gasteiger partial charge in [-0.25, -0.2) is 9.59 Å². The van der Waals surface area contributed by atoms with E-state index >= 15 is 0 Å². The highest BCUT2D eigenvalue weighted by atomic mass is 16.5. The van der Waals surface area contributed by atoms with Crippen LogP contribution in [0.2, 0.25) is 0 Å². The normalized spacial score (nSPS) is 16.4. The SMILES string of the molecule is CCOC(=O)C(=CC(=O)O)N1CCCC1=O. The van der Waals surface area contributed by atoms with E-state index in [0.29, 0.717) is 25.5 Å². The summed E-state index contributed by atoms with van der Waals surface area (Å²) in [7, 11) is 0. The lowest BCUT2D eigenvalue weighted by molar-refractivity contribution is -0.143. The highest BCUT2D eigenvalue weighted by Gasteiger charge is 2.29. The summed E-state index contributed by atoms with van der Waals surface area (Å²) < 4.78 is 4.70. The summed E-state index contributed by atoms with van der Waals surface area (Å²) in [5.41, 5.74) is -0.197. The molecule has 1 amide bonds. The molecule has 1 aliphatic rings. The molecule has 6 nitrogen and oxygen atoms in total. The van der Waals surface area contributed by atoms with Crippen LogP contribution in [0.5, 0.6) is 0 Å². The van der Waals surface area contributed by atoms with Gasteiger partial charge in [-0.05, 0) is 13.3 Å². The van der Waals surface area contributed by atoms with Crippen molar-refractivity contribution in [1.82, 2.24) is 4.90 Å². The number of hydrogen-bond donors (Lipinski definition) is 1. The van der Waals surface area contributed by atoms with Crippen molar-refractivity contribution in [3.8, 4) is 0 Å². The topological polar surface area (TPSA) is 83.9 Å². The quantitative estimate of drug-likeness (QED) is 0.545. The van der Waals surface area contributed by atoms with E-state index in [1.165, 1.54) is 0 Å². The average Bonchev–Trinajstić information content (AvgIpc) is 2.61. The van der Waals surface area contributed by atoms with Crippen LogP contribution >= 0.6 is 0 Å². The van der Waals surface area contributed by atoms with Crippen LogP contribution in [0.15, 0.2) is 11.8 Å². The Kier molecular flexibility index (Phi) is 4.04. The summed E-state index contributed by atoms with van der Waals surface area (Å²) in [6.07, 6.45) is 1.66. The molecular weight excluding hydrogens is 214 g/mol. The van der Waals surface area contributed by atoms with Crippen LogP contribution in [0.25, 0.3) is 0 Å². The second kappa shape index (κ2) is 5.29. The zero-order valence-electron chi connectivity index (χ0n) is 8.93. The molecule has 0 radical (unpaired) electrons. The fourth-order valence-corrected chi connectivity index (χ4v) is 1.47. The second-order valence-electron chi connectivity index (χ2n) is 3.24. The van der Waals surface area contributed by atoms with E-state index in [-0.39, 0.29) is 18.2 Å². The summed E-state index contributed by atoms with van der Waals surface area (Å²) in [6.45, 7) is 2.11. The van der Waals surface area contributed by atoms with Crippen LogP contribution in [0.4, 0.5) is 0 Å². The number of ether oxygens (including phenoxy) is 1. The molecule has 1 saturated heterocycles. The van der Waals surface area contributed by atoms with Gasteiger partial charge in [0.2, 0.25) is 5.91 Å². The Balaban J connectivity index is 2.91. The first kappa shape index (κ1) is 12.2. The van der Waals surface area contributed by atoms with E-state index in [4.69, 9.17) is 9.84 Å². The molecule has 0 unspecified atom stereocenters. The largest absolute Gasteiger partial charge is 0.478 e. The van der Waals surface area contributed by atoms with E-state index in [1.807, 2.05) is 0 Å². The van der Waals surface area contributed by atoms with Crippen LogP contribution in [0.3, 0.4) is 0 Å². The van der Waals surface area contributed by atoms with Gasteiger partial charge < -0.3 is 14.7 Å². The molecule has 0 aromatic carbocycles. The standard InChI is InChI=1S/C10H13NO5/c1-2-16-10(15)7(6-9(13)14)11-5-3-4-8(11)12/h6H,2-5H2,1H3,(H,13,14). The molecule has 0 aromatic heterocycles. The van der Waals surface area contributed by atoms with E-state index in [9.17, 15) is 14.4 Å². The molecule has 16 heavy (non-hydrogen) atoms. The molecule has 0 atom stereocenters. The van der Waals surface area contributed by atoms with Gasteiger partial charge in [-0.2, -0.15) is 0 Å². The Hall–Kier alpha value is -1.85. The third kappa shape index (κ3) is 2.82. The van der Waals surface area contributed by atoms with Crippen LogP contribution in [0, 0.1) is 0 Å². The van der Waals surface area contributed by atoms with Gasteiger partial charge in [-0.15, -0.1) is 0 Å². The van der Waals surface area contributed by atoms with Gasteiger partial charge in [0.15, 0.2) is 0 Å². The summed E-state index contributed by atoms with van der Waals surface area (Å²) >= 11 is 0. The van der Waals surface area contributed by atoms with Crippen LogP contribution in [-0.4, -0.2) is 41.0 Å². The lowest BCUT2D eigenvalue weighted by atomic mass is 10.3. The van der Waals surface area contributed by atoms with Crippen LogP contribution in [0.1, 0.15) is 19.8 Å². The number of esters is 1. The number of nitrogens with zero attached hydrogens (tertiary/aromatic N) is 1. The molecule has 0 aliphatic carbocycles. The van der Waals surface area contributed by atoms with E-state index in [2.05, 4.69) is 0 Å². The Morgan fingerprint density at radius 3 is 2.69 bits per heavy atom. The number of hydrogen-bond acceptors (Lipinski definition) is 4. The molecule has 0 saturated carbocycles. The summed E-state index contributed by atoms with van der Waals surface area (Å²) in [5.74, 6) is -2.30. The fraction of sp³-hybridized carbons (Fsp3) is 0.500. The molecule has 1 fully saturated rings. The minimum Gasteiger partial charge on any atom is -0.478 e. The van der Waals surface area contributed by atoms with Crippen molar-refractivity contribution in [2.45, 2.75) is 19.8 Å². The Morgan fingerprint density at radius 1 is 1.56 bits per heavy atom. The van der Waals surface area contributed by atoms with E-state index in [0.717, 1.165) is 4.90 Å². The summed E-state index contributed by atoms with van der Waals surface area (Å²) in [6, 6.07) is 0. The smallest absolute Gasteiger partial charge is 0.355 e. The molecule has 88 valence electrons. The minimum absolute atomic E-state index is 0.137. The number of rotatable bonds is 4. The maximum Gasteiger partial charge on any atom is 0.355 e. The number of aliphatic carboxylic acids is 1. The number of carbonyl (C=O) groups excluding carboxylic acids is 2. The first-order valence-electron chi connectivity index (χ1n) is 4.98. The van der Waals surface area contributed by atoms with Crippen LogP contribution < -0.4 is 0 Å². The number of carbonyl (C=O) groups is 3. The van der Waals surface area contributed by atoms with Crippen LogP contribution in [-0.2, 0) is 19.1 Å². The third-order valence-electron chi connectivity index (χ3n) is 2.11. The third-order valence-corrected chi connectivity index (χ3v) is 2.11. The first-order valence-corrected chi connectivity index (χ1v) is 4.98. The monoisotopic (exact) mass is 227 g/mol. The molecule has 0 spiro atoms. The van der Waals surface area contributed by atoms with Gasteiger partial charge >= 0.3 is 11.9 Å². The van der Waals surface area contributed by atoms with E-state index < -0.39 is 11.9 Å². The Bertz CT molecular complexity index is 347. The number of carboxylic acid groups (broad SMARTS) is 1. The molecule has 1 aliphatic heterocycles. The summed E-state index contributed by atoms with van der Waals surface area (Å²) in [5, 5.41) is 8.63. The maximum atomic E-state index is 11.5. The van der Waals surface area contributed by atoms with Crippen molar-refractivity contribution in [1.29, 1.82) is 0 Å². The number of likely N-dealkylation sites (tertiary alicyclic amines) is 1. The lowest BCUT2D eigenvalue weighted by Gasteiger charge is -2.17. The zero-order chi connectivity index (χ0) is 12.1. The molecule has 6 heteroatoms. The predicted molar refractivity (Wildman–Crippen MR) is 53.3 cm³/mol. The molecule has 1 heterocycles. The van der Waals surface area contributed by atoms with Crippen molar-refractivity contribution < 1.29 is 24.2 Å². The molecular formula is C10H13NO5. The highest BCUT2D eigenvalue weighted by Crippen LogP contribution is 2.17. The maximum absolute atomic E-state index is 11.5. The van der Waals surface area contributed by atoms with Gasteiger partial charge in [-0.3, -0.25) is 4.79 Å². The van der Waals surface area contributed by atoms with Crippen molar-refractivity contribution >= 4 is 17.8 Å². The summed E-state index contributed by atoms with van der Waals surface area (Å²) in [4.78, 5) is 34.6. The lowest BCUT2D eigenvalue weighted by Crippen LogP contribution is -2.30. The number of amides is 1.